The summed E-state index contributed by atoms with van der Waals surface area (Å²) in [5, 5.41) is 28.9. The molecule has 0 amide bonds. The molecule has 0 spiro atoms. The lowest BCUT2D eigenvalue weighted by Crippen LogP contribution is -2.02. The van der Waals surface area contributed by atoms with E-state index in [1.807, 2.05) is 65.8 Å². The smallest absolute Gasteiger partial charge is 0.230 e. The van der Waals surface area contributed by atoms with Crippen molar-refractivity contribution >= 4 is 45.8 Å². The summed E-state index contributed by atoms with van der Waals surface area (Å²) in [6.07, 6.45) is 0. The minimum atomic E-state index is -0.0881. The highest BCUT2D eigenvalue weighted by Crippen LogP contribution is 2.40. The van der Waals surface area contributed by atoms with E-state index in [-0.39, 0.29) is 11.4 Å². The Balaban J connectivity index is 0.000000338. The molecule has 204 valence electrons. The molecule has 3 aromatic carbocycles. The molecule has 0 unspecified atom stereocenters. The number of anilines is 3. The first-order valence-electron chi connectivity index (χ1n) is 11.9. The van der Waals surface area contributed by atoms with E-state index in [0.717, 1.165) is 29.4 Å². The molecule has 0 fully saturated rings. The summed E-state index contributed by atoms with van der Waals surface area (Å²) in [6.45, 7) is 13.8. The van der Waals surface area contributed by atoms with Crippen LogP contribution in [0.2, 0.25) is 0 Å². The number of rotatable bonds is 6. The van der Waals surface area contributed by atoms with Crippen molar-refractivity contribution in [3.63, 3.8) is 0 Å². The molecule has 0 aliphatic heterocycles. The number of aromatic hydroxyl groups is 1. The molecule has 0 bridgehead atoms. The molecule has 0 radical (unpaired) electrons. The molecule has 12 heteroatoms. The second-order valence-electron chi connectivity index (χ2n) is 7.13. The predicted molar refractivity (Wildman–Crippen MR) is 152 cm³/mol. The fraction of sp³-hybridized carbons (Fsp3) is 0.269. The Hall–Kier alpha value is -3.84. The van der Waals surface area contributed by atoms with Gasteiger partial charge in [-0.2, -0.15) is 15.1 Å². The number of aryl methyl sites for hydroxylation is 3. The number of nitrogen functional groups attached to an aromatic ring is 1. The lowest BCUT2D eigenvalue weighted by Gasteiger charge is -2.08. The van der Waals surface area contributed by atoms with Crippen molar-refractivity contribution in [2.24, 2.45) is 5.11 Å². The van der Waals surface area contributed by atoms with Gasteiger partial charge in [-0.3, -0.25) is 0 Å². The summed E-state index contributed by atoms with van der Waals surface area (Å²) in [7, 11) is 0. The number of nitrogens with one attached hydrogen (secondary N) is 2. The minimum absolute atomic E-state index is 0.0881. The molecule has 4 rings (SSSR count). The van der Waals surface area contributed by atoms with Crippen LogP contribution in [-0.4, -0.2) is 25.3 Å². The third-order valence-electron chi connectivity index (χ3n) is 4.51. The van der Waals surface area contributed by atoms with E-state index >= 15 is 0 Å². The Morgan fingerprint density at radius 2 is 1.53 bits per heavy atom. The normalized spacial score (nSPS) is 9.68. The van der Waals surface area contributed by atoms with E-state index < -0.39 is 0 Å². The van der Waals surface area contributed by atoms with E-state index in [0.29, 0.717) is 27.3 Å². The summed E-state index contributed by atoms with van der Waals surface area (Å²) in [6, 6.07) is 14.4. The van der Waals surface area contributed by atoms with E-state index in [1.54, 1.807) is 18.2 Å². The van der Waals surface area contributed by atoms with Gasteiger partial charge in [0.2, 0.25) is 5.95 Å². The van der Waals surface area contributed by atoms with Crippen LogP contribution in [0.1, 0.15) is 44.9 Å². The molecule has 38 heavy (non-hydrogen) atoms. The van der Waals surface area contributed by atoms with Gasteiger partial charge in [0.25, 0.3) is 0 Å². The van der Waals surface area contributed by atoms with Gasteiger partial charge in [0.1, 0.15) is 23.1 Å². The number of phenols is 1. The fourth-order valence-corrected chi connectivity index (χ4v) is 3.52. The molecule has 11 nitrogen and oxygen atoms in total. The minimum Gasteiger partial charge on any atom is -0.507 e. The van der Waals surface area contributed by atoms with Crippen molar-refractivity contribution in [1.29, 1.82) is 5.53 Å². The van der Waals surface area contributed by atoms with Crippen LogP contribution >= 0.6 is 12.0 Å². The standard InChI is InChI=1S/C12H14N4.C10H9N3O4S.2C2H6/c1-8-4-6-11(7-5-8)16-12-14-9(2)13-10(3)15-12;11-7-2-1-5-3-6(18-17-16-15)4-8(14)9(5)10(7)13-12;2*1-2/h4-7H,1-3H3,(H,13,14,15,16);1-4,12,14-15H,11H2;2*1-2H3. The van der Waals surface area contributed by atoms with Crippen LogP contribution < -0.4 is 11.1 Å². The molecular weight excluding hydrogens is 506 g/mol. The quantitative estimate of drug-likeness (QED) is 0.0532. The first-order chi connectivity index (χ1) is 18.3. The maximum absolute atomic E-state index is 9.92. The third kappa shape index (κ3) is 9.56. The number of aromatic nitrogens is 3. The summed E-state index contributed by atoms with van der Waals surface area (Å²) < 4.78 is 4.28. The Morgan fingerprint density at radius 3 is 2.08 bits per heavy atom. The average molecular weight is 542 g/mol. The van der Waals surface area contributed by atoms with Gasteiger partial charge in [0.15, 0.2) is 0 Å². The van der Waals surface area contributed by atoms with Crippen molar-refractivity contribution in [1.82, 2.24) is 15.0 Å². The van der Waals surface area contributed by atoms with Crippen molar-refractivity contribution in [3.8, 4) is 5.75 Å². The van der Waals surface area contributed by atoms with Crippen LogP contribution in [0.15, 0.2) is 58.5 Å². The zero-order valence-electron chi connectivity index (χ0n) is 22.6. The number of hydrogen-bond acceptors (Lipinski definition) is 12. The summed E-state index contributed by atoms with van der Waals surface area (Å²) in [5.41, 5.74) is 15.5. The van der Waals surface area contributed by atoms with Gasteiger partial charge in [-0.05, 0) is 56.5 Å². The number of phenolic OH excluding ortho intramolecular Hbond substituents is 1. The number of nitrogens with zero attached hydrogens (tertiary/aromatic N) is 4. The van der Waals surface area contributed by atoms with Crippen LogP contribution in [0.4, 0.5) is 23.0 Å². The molecule has 6 N–H and O–H groups in total. The topological polar surface area (TPSA) is 172 Å². The predicted octanol–water partition coefficient (Wildman–Crippen LogP) is 7.81. The molecular formula is C26H35N7O4S. The third-order valence-corrected chi connectivity index (χ3v) is 5.07. The zero-order chi connectivity index (χ0) is 28.7. The molecule has 0 saturated carbocycles. The lowest BCUT2D eigenvalue weighted by molar-refractivity contribution is -0.432. The first-order valence-corrected chi connectivity index (χ1v) is 12.6. The van der Waals surface area contributed by atoms with Crippen LogP contribution in [0, 0.1) is 26.3 Å². The average Bonchev–Trinajstić information content (AvgIpc) is 2.91. The van der Waals surface area contributed by atoms with Crippen LogP contribution in [0.5, 0.6) is 5.75 Å². The van der Waals surface area contributed by atoms with Gasteiger partial charge in [-0.25, -0.2) is 15.8 Å². The lowest BCUT2D eigenvalue weighted by atomic mass is 10.1. The second kappa shape index (κ2) is 16.8. The fourth-order valence-electron chi connectivity index (χ4n) is 3.07. The Morgan fingerprint density at radius 1 is 0.921 bits per heavy atom. The molecule has 1 aromatic heterocycles. The zero-order valence-corrected chi connectivity index (χ0v) is 23.4. The second-order valence-corrected chi connectivity index (χ2v) is 7.90. The Bertz CT molecular complexity index is 1290. The summed E-state index contributed by atoms with van der Waals surface area (Å²) >= 11 is 0.726. The number of nitrogens with two attached hydrogens (primary N) is 1. The van der Waals surface area contributed by atoms with Crippen molar-refractivity contribution < 1.29 is 19.7 Å². The maximum atomic E-state index is 9.92. The molecule has 4 aromatic rings. The molecule has 0 aliphatic rings. The Kier molecular flexibility index (Phi) is 14.2. The largest absolute Gasteiger partial charge is 0.507 e. The molecule has 0 saturated heterocycles. The van der Waals surface area contributed by atoms with Crippen molar-refractivity contribution in [3.05, 3.63) is 65.7 Å². The van der Waals surface area contributed by atoms with Crippen LogP contribution in [0.25, 0.3) is 10.8 Å². The highest BCUT2D eigenvalue weighted by atomic mass is 32.2. The monoisotopic (exact) mass is 541 g/mol. The SMILES string of the molecule is CC.CC.Cc1ccc(Nc2nc(C)nc(C)n2)cc1.N=Nc1c(N)ccc2cc(SOOO)cc(O)c12. The van der Waals surface area contributed by atoms with Crippen molar-refractivity contribution in [2.75, 3.05) is 11.1 Å². The van der Waals surface area contributed by atoms with Gasteiger partial charge >= 0.3 is 0 Å². The maximum Gasteiger partial charge on any atom is 0.230 e. The van der Waals surface area contributed by atoms with Crippen LogP contribution in [0.3, 0.4) is 0 Å². The number of fused-ring (bicyclic) bond motifs is 1. The van der Waals surface area contributed by atoms with E-state index in [4.69, 9.17) is 16.5 Å². The van der Waals surface area contributed by atoms with E-state index in [1.165, 1.54) is 11.6 Å². The number of hydrogen-bond donors (Lipinski definition) is 5. The van der Waals surface area contributed by atoms with E-state index in [2.05, 4.69) is 41.7 Å². The molecule has 1 heterocycles. The van der Waals surface area contributed by atoms with Gasteiger partial charge in [0, 0.05) is 10.6 Å². The van der Waals surface area contributed by atoms with Gasteiger partial charge in [-0.1, -0.05) is 56.5 Å². The molecule has 0 aliphatic carbocycles. The van der Waals surface area contributed by atoms with Crippen LogP contribution in [-0.2, 0) is 9.37 Å². The first kappa shape index (κ1) is 32.2. The van der Waals surface area contributed by atoms with Crippen molar-refractivity contribution in [2.45, 2.75) is 53.4 Å². The van der Waals surface area contributed by atoms with Gasteiger partial charge in [-0.15, -0.1) is 4.33 Å². The Labute approximate surface area is 227 Å². The highest BCUT2D eigenvalue weighted by Gasteiger charge is 2.11. The summed E-state index contributed by atoms with van der Waals surface area (Å²) in [4.78, 5) is 13.1. The summed E-state index contributed by atoms with van der Waals surface area (Å²) in [5.74, 6) is 1.95. The molecule has 0 atom stereocenters. The number of benzene rings is 3. The highest BCUT2D eigenvalue weighted by molar-refractivity contribution is 7.94. The van der Waals surface area contributed by atoms with E-state index in [9.17, 15) is 5.11 Å². The van der Waals surface area contributed by atoms with Gasteiger partial charge in [0.05, 0.1) is 23.1 Å². The van der Waals surface area contributed by atoms with Gasteiger partial charge < -0.3 is 16.2 Å².